The number of carboxylic acids is 1. The molecular weight excluding hydrogens is 307 g/mol. The standard InChI is InChI=1S/C13H14F3NO3S/c1-21-7-6-10(12(19)20)17-11(18)8-2-4-9(5-3-8)13(14,15)16/h2-5,10H,6-7H2,1H3,(H,17,18)(H,19,20). The first-order valence-electron chi connectivity index (χ1n) is 5.95. The van der Waals surface area contributed by atoms with Crippen LogP contribution in [0.3, 0.4) is 0 Å². The number of carboxylic acid groups (broad SMARTS) is 1. The van der Waals surface area contributed by atoms with Crippen LogP contribution in [0.2, 0.25) is 0 Å². The van der Waals surface area contributed by atoms with E-state index in [-0.39, 0.29) is 12.0 Å². The molecule has 0 aliphatic heterocycles. The average molecular weight is 321 g/mol. The van der Waals surface area contributed by atoms with E-state index in [9.17, 15) is 22.8 Å². The summed E-state index contributed by atoms with van der Waals surface area (Å²) in [7, 11) is 0. The molecule has 0 bridgehead atoms. The van der Waals surface area contributed by atoms with Crippen LogP contribution in [0, 0.1) is 0 Å². The first-order valence-corrected chi connectivity index (χ1v) is 7.35. The lowest BCUT2D eigenvalue weighted by Gasteiger charge is -2.14. The highest BCUT2D eigenvalue weighted by Crippen LogP contribution is 2.29. The van der Waals surface area contributed by atoms with Crippen LogP contribution in [0.5, 0.6) is 0 Å². The van der Waals surface area contributed by atoms with E-state index in [0.717, 1.165) is 24.3 Å². The van der Waals surface area contributed by atoms with Gasteiger partial charge in [-0.1, -0.05) is 0 Å². The Morgan fingerprint density at radius 2 is 1.86 bits per heavy atom. The summed E-state index contributed by atoms with van der Waals surface area (Å²) in [5, 5.41) is 11.3. The van der Waals surface area contributed by atoms with Crippen molar-refractivity contribution in [2.45, 2.75) is 18.6 Å². The molecule has 1 rings (SSSR count). The molecule has 0 heterocycles. The topological polar surface area (TPSA) is 66.4 Å². The van der Waals surface area contributed by atoms with E-state index in [1.807, 2.05) is 0 Å². The van der Waals surface area contributed by atoms with Crippen molar-refractivity contribution < 1.29 is 27.9 Å². The van der Waals surface area contributed by atoms with Gasteiger partial charge in [-0.2, -0.15) is 24.9 Å². The third-order valence-corrected chi connectivity index (χ3v) is 3.33. The van der Waals surface area contributed by atoms with Gasteiger partial charge in [0, 0.05) is 5.56 Å². The predicted molar refractivity (Wildman–Crippen MR) is 73.3 cm³/mol. The zero-order valence-electron chi connectivity index (χ0n) is 11.1. The van der Waals surface area contributed by atoms with E-state index >= 15 is 0 Å². The number of carbonyl (C=O) groups is 2. The summed E-state index contributed by atoms with van der Waals surface area (Å²) in [6.45, 7) is 0. The summed E-state index contributed by atoms with van der Waals surface area (Å²) in [4.78, 5) is 22.8. The van der Waals surface area contributed by atoms with Crippen molar-refractivity contribution in [1.29, 1.82) is 0 Å². The van der Waals surface area contributed by atoms with Gasteiger partial charge >= 0.3 is 12.1 Å². The fourth-order valence-corrected chi connectivity index (χ4v) is 2.02. The van der Waals surface area contributed by atoms with Gasteiger partial charge in [-0.05, 0) is 42.7 Å². The Hall–Kier alpha value is -1.70. The molecule has 0 spiro atoms. The van der Waals surface area contributed by atoms with Crippen LogP contribution in [0.15, 0.2) is 24.3 Å². The molecule has 0 aliphatic rings. The molecular formula is C13H14F3NO3S. The monoisotopic (exact) mass is 321 g/mol. The summed E-state index contributed by atoms with van der Waals surface area (Å²) < 4.78 is 37.2. The van der Waals surface area contributed by atoms with Gasteiger partial charge in [-0.3, -0.25) is 4.79 Å². The first kappa shape index (κ1) is 17.4. The van der Waals surface area contributed by atoms with Crippen LogP contribution < -0.4 is 5.32 Å². The summed E-state index contributed by atoms with van der Waals surface area (Å²) in [6, 6.07) is 2.54. The van der Waals surface area contributed by atoms with Gasteiger partial charge in [0.05, 0.1) is 5.56 Å². The first-order chi connectivity index (χ1) is 9.75. The van der Waals surface area contributed by atoms with E-state index in [1.54, 1.807) is 6.26 Å². The highest BCUT2D eigenvalue weighted by molar-refractivity contribution is 7.98. The fraction of sp³-hybridized carbons (Fsp3) is 0.385. The third-order valence-electron chi connectivity index (χ3n) is 2.69. The van der Waals surface area contributed by atoms with Crippen LogP contribution in [-0.2, 0) is 11.0 Å². The van der Waals surface area contributed by atoms with Crippen molar-refractivity contribution >= 4 is 23.6 Å². The second-order valence-electron chi connectivity index (χ2n) is 4.22. The molecule has 116 valence electrons. The number of halogens is 3. The second kappa shape index (κ2) is 7.35. The molecule has 0 fully saturated rings. The number of hydrogen-bond donors (Lipinski definition) is 2. The average Bonchev–Trinajstić information content (AvgIpc) is 2.42. The van der Waals surface area contributed by atoms with Crippen LogP contribution in [0.1, 0.15) is 22.3 Å². The van der Waals surface area contributed by atoms with Crippen molar-refractivity contribution in [1.82, 2.24) is 5.32 Å². The van der Waals surface area contributed by atoms with Crippen LogP contribution >= 0.6 is 11.8 Å². The summed E-state index contributed by atoms with van der Waals surface area (Å²) in [5.74, 6) is -1.34. The molecule has 1 unspecified atom stereocenters. The number of hydrogen-bond acceptors (Lipinski definition) is 3. The van der Waals surface area contributed by atoms with Crippen LogP contribution in [0.4, 0.5) is 13.2 Å². The molecule has 0 radical (unpaired) electrons. The number of nitrogens with one attached hydrogen (secondary N) is 1. The lowest BCUT2D eigenvalue weighted by Crippen LogP contribution is -2.41. The number of amides is 1. The number of carbonyl (C=O) groups excluding carboxylic acids is 1. The smallest absolute Gasteiger partial charge is 0.416 e. The van der Waals surface area contributed by atoms with E-state index in [4.69, 9.17) is 5.11 Å². The van der Waals surface area contributed by atoms with Crippen molar-refractivity contribution in [3.05, 3.63) is 35.4 Å². The highest BCUT2D eigenvalue weighted by atomic mass is 32.2. The lowest BCUT2D eigenvalue weighted by atomic mass is 10.1. The highest BCUT2D eigenvalue weighted by Gasteiger charge is 2.30. The molecule has 1 aromatic rings. The SMILES string of the molecule is CSCCC(NC(=O)c1ccc(C(F)(F)F)cc1)C(=O)O. The molecule has 4 nitrogen and oxygen atoms in total. The Bertz CT molecular complexity index is 502. The molecule has 2 N–H and O–H groups in total. The number of benzene rings is 1. The Morgan fingerprint density at radius 1 is 1.29 bits per heavy atom. The molecule has 1 amide bonds. The molecule has 0 saturated heterocycles. The van der Waals surface area contributed by atoms with Gasteiger partial charge in [0.25, 0.3) is 5.91 Å². The second-order valence-corrected chi connectivity index (χ2v) is 5.21. The van der Waals surface area contributed by atoms with Gasteiger partial charge in [-0.25, -0.2) is 4.79 Å². The quantitative estimate of drug-likeness (QED) is 0.845. The van der Waals surface area contributed by atoms with Crippen LogP contribution in [0.25, 0.3) is 0 Å². The maximum Gasteiger partial charge on any atom is 0.416 e. The zero-order chi connectivity index (χ0) is 16.0. The van der Waals surface area contributed by atoms with Crippen LogP contribution in [-0.4, -0.2) is 35.0 Å². The van der Waals surface area contributed by atoms with Crippen molar-refractivity contribution in [3.8, 4) is 0 Å². The minimum absolute atomic E-state index is 0.0154. The number of alkyl halides is 3. The minimum Gasteiger partial charge on any atom is -0.480 e. The summed E-state index contributed by atoms with van der Waals surface area (Å²) >= 11 is 1.44. The predicted octanol–water partition coefficient (Wildman–Crippen LogP) is 2.64. The number of rotatable bonds is 6. The van der Waals surface area contributed by atoms with Gasteiger partial charge in [0.15, 0.2) is 0 Å². The Labute approximate surface area is 123 Å². The summed E-state index contributed by atoms with van der Waals surface area (Å²) in [5.41, 5.74) is -0.880. The van der Waals surface area contributed by atoms with E-state index in [0.29, 0.717) is 5.75 Å². The van der Waals surface area contributed by atoms with E-state index < -0.39 is 29.7 Å². The van der Waals surface area contributed by atoms with Crippen molar-refractivity contribution in [2.24, 2.45) is 0 Å². The van der Waals surface area contributed by atoms with Gasteiger partial charge in [0.2, 0.25) is 0 Å². The van der Waals surface area contributed by atoms with Gasteiger partial charge in [0.1, 0.15) is 6.04 Å². The molecule has 0 aliphatic carbocycles. The molecule has 1 atom stereocenters. The minimum atomic E-state index is -4.48. The Balaban J connectivity index is 2.76. The summed E-state index contributed by atoms with van der Waals surface area (Å²) in [6.07, 6.45) is -2.43. The van der Waals surface area contributed by atoms with E-state index in [2.05, 4.69) is 5.32 Å². The zero-order valence-corrected chi connectivity index (χ0v) is 11.9. The van der Waals surface area contributed by atoms with Gasteiger partial charge in [-0.15, -0.1) is 0 Å². The molecule has 0 saturated carbocycles. The third kappa shape index (κ3) is 5.30. The largest absolute Gasteiger partial charge is 0.480 e. The number of aliphatic carboxylic acids is 1. The van der Waals surface area contributed by atoms with Gasteiger partial charge < -0.3 is 10.4 Å². The Morgan fingerprint density at radius 3 is 2.29 bits per heavy atom. The normalized spacial score (nSPS) is 12.8. The molecule has 0 aromatic heterocycles. The molecule has 8 heteroatoms. The fourth-order valence-electron chi connectivity index (χ4n) is 1.55. The Kier molecular flexibility index (Phi) is 6.07. The van der Waals surface area contributed by atoms with Crippen molar-refractivity contribution in [2.75, 3.05) is 12.0 Å². The maximum atomic E-state index is 12.4. The maximum absolute atomic E-state index is 12.4. The number of thioether (sulfide) groups is 1. The van der Waals surface area contributed by atoms with E-state index in [1.165, 1.54) is 11.8 Å². The molecule has 1 aromatic carbocycles. The molecule has 21 heavy (non-hydrogen) atoms. The van der Waals surface area contributed by atoms with Crippen molar-refractivity contribution in [3.63, 3.8) is 0 Å². The lowest BCUT2D eigenvalue weighted by molar-refractivity contribution is -0.139.